The Morgan fingerprint density at radius 1 is 1.20 bits per heavy atom. The van der Waals surface area contributed by atoms with Crippen molar-refractivity contribution in [2.45, 2.75) is 25.2 Å². The number of aromatic nitrogens is 4. The van der Waals surface area contributed by atoms with Gasteiger partial charge in [-0.1, -0.05) is 12.1 Å². The lowest BCUT2D eigenvalue weighted by atomic mass is 10.2. The highest BCUT2D eigenvalue weighted by Gasteiger charge is 2.29. The van der Waals surface area contributed by atoms with Crippen molar-refractivity contribution < 1.29 is 17.9 Å². The van der Waals surface area contributed by atoms with Crippen LogP contribution in [0.15, 0.2) is 36.9 Å². The van der Waals surface area contributed by atoms with Crippen molar-refractivity contribution in [2.75, 3.05) is 18.0 Å². The highest BCUT2D eigenvalue weighted by molar-refractivity contribution is 7.88. The Balaban J connectivity index is 1.36. The molecule has 0 unspecified atom stereocenters. The van der Waals surface area contributed by atoms with Crippen molar-refractivity contribution in [3.8, 4) is 0 Å². The normalized spacial score (nSPS) is 19.2. The molecule has 1 aromatic carbocycles. The van der Waals surface area contributed by atoms with E-state index in [1.807, 2.05) is 4.72 Å². The highest BCUT2D eigenvalue weighted by atomic mass is 32.2. The van der Waals surface area contributed by atoms with Crippen molar-refractivity contribution in [3.05, 3.63) is 42.5 Å². The Hall–Kier alpha value is -3.29. The molecule has 2 atom stereocenters. The number of nitrogens with zero attached hydrogens (tertiary/aromatic N) is 4. The van der Waals surface area contributed by atoms with E-state index < -0.39 is 16.1 Å². The maximum absolute atomic E-state index is 12.2. The lowest BCUT2D eigenvalue weighted by Gasteiger charge is -2.16. The minimum atomic E-state index is -4.09. The molecule has 1 saturated heterocycles. The van der Waals surface area contributed by atoms with Crippen LogP contribution in [0.5, 0.6) is 0 Å². The van der Waals surface area contributed by atoms with E-state index in [9.17, 15) is 13.2 Å². The molecule has 13 heteroatoms. The molecule has 12 nitrogen and oxygen atoms in total. The van der Waals surface area contributed by atoms with Gasteiger partial charge < -0.3 is 16.2 Å². The zero-order chi connectivity index (χ0) is 21.3. The van der Waals surface area contributed by atoms with Gasteiger partial charge in [0.15, 0.2) is 11.5 Å². The van der Waals surface area contributed by atoms with E-state index in [1.165, 1.54) is 18.5 Å². The Bertz CT molecular complexity index is 1200. The maximum atomic E-state index is 12.2. The number of carbonyl (C=O) groups excluding carboxylic acids is 1. The predicted molar refractivity (Wildman–Crippen MR) is 108 cm³/mol. The van der Waals surface area contributed by atoms with Crippen LogP contribution in [0, 0.1) is 0 Å². The van der Waals surface area contributed by atoms with Crippen LogP contribution in [0.1, 0.15) is 29.4 Å². The topological polar surface area (TPSA) is 180 Å². The molecule has 0 bridgehead atoms. The molecule has 4 rings (SSSR count). The third kappa shape index (κ3) is 4.03. The quantitative estimate of drug-likeness (QED) is 0.388. The molecule has 30 heavy (non-hydrogen) atoms. The molecule has 0 saturated carbocycles. The number of para-hydroxylation sites is 1. The van der Waals surface area contributed by atoms with Crippen molar-refractivity contribution in [3.63, 3.8) is 0 Å². The Labute approximate surface area is 171 Å². The van der Waals surface area contributed by atoms with Gasteiger partial charge in [-0.2, -0.15) is 13.1 Å². The van der Waals surface area contributed by atoms with E-state index in [-0.39, 0.29) is 35.9 Å². The summed E-state index contributed by atoms with van der Waals surface area (Å²) in [6.07, 6.45) is 3.40. The van der Waals surface area contributed by atoms with Crippen LogP contribution in [-0.4, -0.2) is 46.5 Å². The molecule has 6 N–H and O–H groups in total. The van der Waals surface area contributed by atoms with Crippen LogP contribution in [0.3, 0.4) is 0 Å². The van der Waals surface area contributed by atoms with Gasteiger partial charge in [0.25, 0.3) is 5.91 Å². The van der Waals surface area contributed by atoms with Gasteiger partial charge in [-0.3, -0.25) is 9.36 Å². The van der Waals surface area contributed by atoms with E-state index in [2.05, 4.69) is 19.7 Å². The van der Waals surface area contributed by atoms with Gasteiger partial charge in [-0.15, -0.1) is 0 Å². The molecule has 1 aliphatic rings. The van der Waals surface area contributed by atoms with Crippen molar-refractivity contribution in [1.29, 1.82) is 0 Å². The zero-order valence-electron chi connectivity index (χ0n) is 15.7. The smallest absolute Gasteiger partial charge is 0.301 e. The third-order valence-electron chi connectivity index (χ3n) is 4.72. The number of carbonyl (C=O) groups is 1. The van der Waals surface area contributed by atoms with Crippen LogP contribution >= 0.6 is 0 Å². The summed E-state index contributed by atoms with van der Waals surface area (Å²) in [6.45, 7) is -0.00681. The molecule has 158 valence electrons. The molecule has 0 spiro atoms. The SMILES string of the molecule is Nc1ccccc1C(=O)NS(=O)(=O)NC[C@@H]1CC[C@H](n2cnc3c(N)ncnc32)O1. The molecule has 1 fully saturated rings. The Kier molecular flexibility index (Phi) is 5.24. The van der Waals surface area contributed by atoms with Crippen molar-refractivity contribution in [2.24, 2.45) is 0 Å². The van der Waals surface area contributed by atoms with Gasteiger partial charge in [-0.05, 0) is 25.0 Å². The first-order chi connectivity index (χ1) is 14.3. The minimum Gasteiger partial charge on any atom is -0.398 e. The highest BCUT2D eigenvalue weighted by Crippen LogP contribution is 2.30. The van der Waals surface area contributed by atoms with Gasteiger partial charge in [0.1, 0.15) is 18.1 Å². The number of nitrogens with one attached hydrogen (secondary N) is 2. The Morgan fingerprint density at radius 3 is 2.80 bits per heavy atom. The van der Waals surface area contributed by atoms with E-state index in [4.69, 9.17) is 16.2 Å². The summed E-state index contributed by atoms with van der Waals surface area (Å²) in [5.41, 5.74) is 12.8. The lowest BCUT2D eigenvalue weighted by molar-refractivity contribution is 0.00707. The van der Waals surface area contributed by atoms with E-state index in [0.717, 1.165) is 0 Å². The summed E-state index contributed by atoms with van der Waals surface area (Å²) < 4.78 is 36.4. The third-order valence-corrected chi connectivity index (χ3v) is 5.72. The standard InChI is InChI=1S/C17H20N8O4S/c18-12-4-2-1-3-11(12)17(26)24-30(27,28)23-7-10-5-6-13(29-10)25-9-22-14-15(19)20-8-21-16(14)25/h1-4,8-10,13,23H,5-7,18H2,(H,24,26)(H2,19,20,21)/t10-,13+/m0/s1. The predicted octanol–water partition coefficient (Wildman–Crippen LogP) is -0.0673. The van der Waals surface area contributed by atoms with Gasteiger partial charge in [0.2, 0.25) is 0 Å². The van der Waals surface area contributed by atoms with Gasteiger partial charge in [0.05, 0.1) is 18.0 Å². The van der Waals surface area contributed by atoms with Gasteiger partial charge >= 0.3 is 10.2 Å². The first-order valence-electron chi connectivity index (χ1n) is 9.09. The fourth-order valence-electron chi connectivity index (χ4n) is 3.24. The molecule has 3 aromatic rings. The number of anilines is 2. The molecule has 3 heterocycles. The van der Waals surface area contributed by atoms with Crippen LogP contribution in [-0.2, 0) is 14.9 Å². The van der Waals surface area contributed by atoms with Crippen molar-refractivity contribution in [1.82, 2.24) is 29.0 Å². The first kappa shape index (κ1) is 20.0. The van der Waals surface area contributed by atoms with Crippen LogP contribution in [0.25, 0.3) is 11.2 Å². The number of benzene rings is 1. The number of fused-ring (bicyclic) bond motifs is 1. The average Bonchev–Trinajstić information content (AvgIpc) is 3.34. The summed E-state index contributed by atoms with van der Waals surface area (Å²) in [6, 6.07) is 6.20. The molecule has 0 aliphatic carbocycles. The maximum Gasteiger partial charge on any atom is 0.301 e. The lowest BCUT2D eigenvalue weighted by Crippen LogP contribution is -2.43. The van der Waals surface area contributed by atoms with E-state index in [0.29, 0.717) is 24.0 Å². The average molecular weight is 432 g/mol. The van der Waals surface area contributed by atoms with E-state index >= 15 is 0 Å². The second kappa shape index (κ2) is 7.85. The number of nitrogen functional groups attached to an aromatic ring is 2. The molecule has 0 radical (unpaired) electrons. The summed E-state index contributed by atoms with van der Waals surface area (Å²) in [4.78, 5) is 24.5. The van der Waals surface area contributed by atoms with E-state index in [1.54, 1.807) is 23.0 Å². The summed E-state index contributed by atoms with van der Waals surface area (Å²) >= 11 is 0. The molecule has 1 aliphatic heterocycles. The van der Waals surface area contributed by atoms with Crippen LogP contribution in [0.4, 0.5) is 11.5 Å². The first-order valence-corrected chi connectivity index (χ1v) is 10.6. The number of nitrogens with two attached hydrogens (primary N) is 2. The number of hydrogen-bond acceptors (Lipinski definition) is 9. The second-order valence-corrected chi connectivity index (χ2v) is 8.24. The number of imidazole rings is 1. The van der Waals surface area contributed by atoms with Gasteiger partial charge in [-0.25, -0.2) is 19.7 Å². The summed E-state index contributed by atoms with van der Waals surface area (Å²) in [5, 5.41) is 0. The molecule has 2 aromatic heterocycles. The molecule has 1 amide bonds. The fraction of sp³-hybridized carbons (Fsp3) is 0.294. The molecular weight excluding hydrogens is 412 g/mol. The minimum absolute atomic E-state index is 0.00681. The van der Waals surface area contributed by atoms with Crippen LogP contribution < -0.4 is 20.9 Å². The van der Waals surface area contributed by atoms with Crippen LogP contribution in [0.2, 0.25) is 0 Å². The number of hydrogen-bond donors (Lipinski definition) is 4. The largest absolute Gasteiger partial charge is 0.398 e. The fourth-order valence-corrected chi connectivity index (χ4v) is 4.07. The molecular formula is C17H20N8O4S. The summed E-state index contributed by atoms with van der Waals surface area (Å²) in [7, 11) is -4.09. The Morgan fingerprint density at radius 2 is 2.00 bits per heavy atom. The second-order valence-electron chi connectivity index (χ2n) is 6.74. The number of amides is 1. The number of rotatable bonds is 6. The zero-order valence-corrected chi connectivity index (χ0v) is 16.5. The number of ether oxygens (including phenoxy) is 1. The van der Waals surface area contributed by atoms with Gasteiger partial charge in [0, 0.05) is 12.2 Å². The summed E-state index contributed by atoms with van der Waals surface area (Å²) in [5.74, 6) is -0.538. The van der Waals surface area contributed by atoms with Crippen molar-refractivity contribution >= 4 is 38.8 Å². The monoisotopic (exact) mass is 432 g/mol.